The molecule has 0 atom stereocenters. The van der Waals surface area contributed by atoms with Gasteiger partial charge in [-0.05, 0) is 24.5 Å². The van der Waals surface area contributed by atoms with E-state index >= 15 is 0 Å². The molecule has 0 saturated heterocycles. The molecule has 2 heteroatoms. The number of hydrogen-bond acceptors (Lipinski definition) is 1. The first-order chi connectivity index (χ1) is 4.79. The van der Waals surface area contributed by atoms with E-state index in [0.29, 0.717) is 0 Å². The van der Waals surface area contributed by atoms with Crippen molar-refractivity contribution in [2.45, 2.75) is 12.8 Å². The van der Waals surface area contributed by atoms with Crippen LogP contribution in [-0.2, 0) is 4.79 Å². The van der Waals surface area contributed by atoms with Gasteiger partial charge in [0.1, 0.15) is 0 Å². The summed E-state index contributed by atoms with van der Waals surface area (Å²) in [6.07, 6.45) is 5.89. The van der Waals surface area contributed by atoms with E-state index in [9.17, 15) is 4.79 Å². The third kappa shape index (κ3) is 0.685. The van der Waals surface area contributed by atoms with Crippen molar-refractivity contribution in [3.63, 3.8) is 0 Å². The largest absolute Gasteiger partial charge is 0.312 e. The quantitative estimate of drug-likeness (QED) is 0.486. The van der Waals surface area contributed by atoms with Crippen LogP contribution in [0.4, 0.5) is 0 Å². The van der Waals surface area contributed by atoms with Gasteiger partial charge in [0.2, 0.25) is 0 Å². The molecule has 2 rings (SSSR count). The number of amides is 1. The molecule has 0 aromatic rings. The molecule has 2 nitrogen and oxygen atoms in total. The van der Waals surface area contributed by atoms with E-state index in [2.05, 4.69) is 0 Å². The van der Waals surface area contributed by atoms with Gasteiger partial charge in [0.25, 0.3) is 5.91 Å². The third-order valence-corrected chi connectivity index (χ3v) is 1.94. The van der Waals surface area contributed by atoms with Crippen molar-refractivity contribution in [1.29, 1.82) is 0 Å². The second-order valence-electron chi connectivity index (χ2n) is 2.72. The van der Waals surface area contributed by atoms with Crippen LogP contribution in [0.5, 0.6) is 0 Å². The Morgan fingerprint density at radius 3 is 2.50 bits per heavy atom. The number of allylic oxidation sites excluding steroid dienone is 2. The Morgan fingerprint density at radius 2 is 2.10 bits per heavy atom. The molecule has 0 spiro atoms. The Morgan fingerprint density at radius 1 is 1.40 bits per heavy atom. The van der Waals surface area contributed by atoms with Crippen molar-refractivity contribution < 1.29 is 4.79 Å². The van der Waals surface area contributed by atoms with Gasteiger partial charge in [-0.2, -0.15) is 0 Å². The summed E-state index contributed by atoms with van der Waals surface area (Å²) in [7, 11) is 1.82. The van der Waals surface area contributed by atoms with E-state index in [1.165, 1.54) is 18.4 Å². The van der Waals surface area contributed by atoms with Crippen LogP contribution in [0.15, 0.2) is 23.4 Å². The smallest absolute Gasteiger partial charge is 0.250 e. The fraction of sp³-hybridized carbons (Fsp3) is 0.375. The molecule has 0 radical (unpaired) electrons. The third-order valence-electron chi connectivity index (χ3n) is 1.94. The van der Waals surface area contributed by atoms with E-state index in [0.717, 1.165) is 5.70 Å². The molecule has 1 aliphatic heterocycles. The van der Waals surface area contributed by atoms with Crippen LogP contribution in [0.1, 0.15) is 12.8 Å². The zero-order chi connectivity index (χ0) is 7.14. The van der Waals surface area contributed by atoms with Gasteiger partial charge in [-0.25, -0.2) is 0 Å². The molecule has 1 fully saturated rings. The van der Waals surface area contributed by atoms with Crippen LogP contribution in [0.2, 0.25) is 0 Å². The van der Waals surface area contributed by atoms with E-state index in [1.54, 1.807) is 11.0 Å². The highest BCUT2D eigenvalue weighted by Gasteiger charge is 2.24. The summed E-state index contributed by atoms with van der Waals surface area (Å²) >= 11 is 0. The molecule has 1 heterocycles. The summed E-state index contributed by atoms with van der Waals surface area (Å²) < 4.78 is 0. The Labute approximate surface area is 59.8 Å². The monoisotopic (exact) mass is 135 g/mol. The SMILES string of the molecule is CN1C(=O)C=CC1=C1CC1. The van der Waals surface area contributed by atoms with Crippen LogP contribution in [-0.4, -0.2) is 17.9 Å². The first-order valence-corrected chi connectivity index (χ1v) is 3.47. The molecule has 1 amide bonds. The Bertz CT molecular complexity index is 244. The normalized spacial score (nSPS) is 22.9. The molecule has 0 aromatic heterocycles. The number of carbonyl (C=O) groups excluding carboxylic acids is 1. The fourth-order valence-electron chi connectivity index (χ4n) is 1.17. The highest BCUT2D eigenvalue weighted by atomic mass is 16.2. The average molecular weight is 135 g/mol. The minimum absolute atomic E-state index is 0.106. The highest BCUT2D eigenvalue weighted by Crippen LogP contribution is 2.34. The van der Waals surface area contributed by atoms with Crippen molar-refractivity contribution in [3.8, 4) is 0 Å². The average Bonchev–Trinajstić information content (AvgIpc) is 2.67. The van der Waals surface area contributed by atoms with Gasteiger partial charge < -0.3 is 4.90 Å². The number of likely N-dealkylation sites (N-methyl/N-ethyl adjacent to an activating group) is 1. The maximum atomic E-state index is 10.9. The van der Waals surface area contributed by atoms with Crippen molar-refractivity contribution in [1.82, 2.24) is 4.90 Å². The Hall–Kier alpha value is -1.05. The predicted molar refractivity (Wildman–Crippen MR) is 38.2 cm³/mol. The number of hydrogen-bond donors (Lipinski definition) is 0. The van der Waals surface area contributed by atoms with E-state index in [1.807, 2.05) is 13.1 Å². The molecule has 0 aromatic carbocycles. The zero-order valence-electron chi connectivity index (χ0n) is 5.92. The lowest BCUT2D eigenvalue weighted by Crippen LogP contribution is -2.17. The van der Waals surface area contributed by atoms with Gasteiger partial charge >= 0.3 is 0 Å². The molecule has 10 heavy (non-hydrogen) atoms. The summed E-state index contributed by atoms with van der Waals surface area (Å²) in [5.74, 6) is 0.106. The summed E-state index contributed by atoms with van der Waals surface area (Å²) in [6.45, 7) is 0. The topological polar surface area (TPSA) is 20.3 Å². The first-order valence-electron chi connectivity index (χ1n) is 3.47. The summed E-state index contributed by atoms with van der Waals surface area (Å²) in [5.41, 5.74) is 2.55. The van der Waals surface area contributed by atoms with Crippen LogP contribution >= 0.6 is 0 Å². The Kier molecular flexibility index (Phi) is 0.982. The van der Waals surface area contributed by atoms with Crippen molar-refractivity contribution in [2.24, 2.45) is 0 Å². The van der Waals surface area contributed by atoms with Gasteiger partial charge in [-0.3, -0.25) is 4.79 Å². The zero-order valence-corrected chi connectivity index (χ0v) is 5.92. The molecular weight excluding hydrogens is 126 g/mol. The van der Waals surface area contributed by atoms with Gasteiger partial charge in [0.05, 0.1) is 0 Å². The van der Waals surface area contributed by atoms with Gasteiger partial charge in [-0.15, -0.1) is 0 Å². The predicted octanol–water partition coefficient (Wildman–Crippen LogP) is 1.06. The minimum atomic E-state index is 0.106. The van der Waals surface area contributed by atoms with Crippen LogP contribution in [0.3, 0.4) is 0 Å². The van der Waals surface area contributed by atoms with Crippen LogP contribution in [0.25, 0.3) is 0 Å². The second kappa shape index (κ2) is 1.72. The lowest BCUT2D eigenvalue weighted by molar-refractivity contribution is -0.122. The number of rotatable bonds is 0. The van der Waals surface area contributed by atoms with E-state index < -0.39 is 0 Å². The maximum absolute atomic E-state index is 10.9. The second-order valence-corrected chi connectivity index (χ2v) is 2.72. The van der Waals surface area contributed by atoms with E-state index in [-0.39, 0.29) is 5.91 Å². The minimum Gasteiger partial charge on any atom is -0.312 e. The maximum Gasteiger partial charge on any atom is 0.250 e. The standard InChI is InChI=1S/C8H9NO/c1-9-7(6-2-3-6)4-5-8(9)10/h4-5H,2-3H2,1H3. The fourth-order valence-corrected chi connectivity index (χ4v) is 1.17. The summed E-state index contributed by atoms with van der Waals surface area (Å²) in [6, 6.07) is 0. The molecule has 1 saturated carbocycles. The lowest BCUT2D eigenvalue weighted by Gasteiger charge is -2.09. The lowest BCUT2D eigenvalue weighted by atomic mass is 10.4. The first kappa shape index (κ1) is 5.71. The highest BCUT2D eigenvalue weighted by molar-refractivity contribution is 5.93. The number of carbonyl (C=O) groups is 1. The van der Waals surface area contributed by atoms with Crippen LogP contribution in [0, 0.1) is 0 Å². The molecule has 52 valence electrons. The van der Waals surface area contributed by atoms with Crippen molar-refractivity contribution in [3.05, 3.63) is 23.4 Å². The van der Waals surface area contributed by atoms with Gasteiger partial charge in [0.15, 0.2) is 0 Å². The van der Waals surface area contributed by atoms with Crippen LogP contribution < -0.4 is 0 Å². The number of nitrogens with zero attached hydrogens (tertiary/aromatic N) is 1. The van der Waals surface area contributed by atoms with Gasteiger partial charge in [0, 0.05) is 18.8 Å². The molecule has 2 aliphatic rings. The summed E-state index contributed by atoms with van der Waals surface area (Å²) in [5, 5.41) is 0. The Balaban J connectivity index is 2.35. The van der Waals surface area contributed by atoms with E-state index in [4.69, 9.17) is 0 Å². The molecule has 0 unspecified atom stereocenters. The van der Waals surface area contributed by atoms with Crippen molar-refractivity contribution >= 4 is 5.91 Å². The molecule has 0 bridgehead atoms. The molecule has 1 aliphatic carbocycles. The summed E-state index contributed by atoms with van der Waals surface area (Å²) in [4.78, 5) is 12.6. The van der Waals surface area contributed by atoms with Gasteiger partial charge in [-0.1, -0.05) is 0 Å². The molecule has 0 N–H and O–H groups in total. The van der Waals surface area contributed by atoms with Crippen molar-refractivity contribution in [2.75, 3.05) is 7.05 Å². The molecular formula is C8H9NO.